The van der Waals surface area contributed by atoms with Crippen LogP contribution in [-0.4, -0.2) is 25.2 Å². The van der Waals surface area contributed by atoms with E-state index in [2.05, 4.69) is 22.0 Å². The Morgan fingerprint density at radius 2 is 2.25 bits per heavy atom. The van der Waals surface area contributed by atoms with E-state index in [1.54, 1.807) is 25.4 Å². The number of aromatic nitrogens is 1. The van der Waals surface area contributed by atoms with Crippen LogP contribution in [0.5, 0.6) is 5.75 Å². The van der Waals surface area contributed by atoms with Crippen LogP contribution in [0.2, 0.25) is 0 Å². The molecular weight excluding hydrogens is 248 g/mol. The standard InChI is InChI=1S/C17H20N2O/c1-19(17-8-3-4-11-18-17)14-9-10-15-13(12-14)6-5-7-16(15)20-2/h3-8,11,14H,9-10,12H2,1-2H3/i8D. The Kier molecular flexibility index (Phi) is 3.26. The van der Waals surface area contributed by atoms with Crippen molar-refractivity contribution in [2.75, 3.05) is 19.1 Å². The van der Waals surface area contributed by atoms with Crippen molar-refractivity contribution >= 4 is 5.82 Å². The molecule has 1 aliphatic carbocycles. The Hall–Kier alpha value is -2.03. The zero-order valence-corrected chi connectivity index (χ0v) is 12.0. The zero-order chi connectivity index (χ0) is 14.8. The first kappa shape index (κ1) is 11.8. The summed E-state index contributed by atoms with van der Waals surface area (Å²) in [5.74, 6) is 1.75. The molecule has 1 aliphatic rings. The molecular formula is C17H20N2O. The minimum Gasteiger partial charge on any atom is -0.496 e. The third-order valence-electron chi connectivity index (χ3n) is 4.11. The number of rotatable bonds is 3. The monoisotopic (exact) mass is 269 g/mol. The lowest BCUT2D eigenvalue weighted by Gasteiger charge is -2.33. The smallest absolute Gasteiger partial charge is 0.128 e. The van der Waals surface area contributed by atoms with Gasteiger partial charge in [0.1, 0.15) is 11.6 Å². The van der Waals surface area contributed by atoms with Gasteiger partial charge in [0.15, 0.2) is 0 Å². The summed E-state index contributed by atoms with van der Waals surface area (Å²) in [4.78, 5) is 6.50. The van der Waals surface area contributed by atoms with Crippen LogP contribution in [-0.2, 0) is 12.8 Å². The van der Waals surface area contributed by atoms with Crippen molar-refractivity contribution in [2.24, 2.45) is 0 Å². The van der Waals surface area contributed by atoms with Gasteiger partial charge >= 0.3 is 0 Å². The van der Waals surface area contributed by atoms with E-state index in [-0.39, 0.29) is 0 Å². The fraction of sp³-hybridized carbons (Fsp3) is 0.353. The number of anilines is 1. The topological polar surface area (TPSA) is 25.4 Å². The quantitative estimate of drug-likeness (QED) is 0.856. The Morgan fingerprint density at radius 1 is 1.35 bits per heavy atom. The lowest BCUT2D eigenvalue weighted by molar-refractivity contribution is 0.403. The van der Waals surface area contributed by atoms with Gasteiger partial charge in [0.25, 0.3) is 0 Å². The Balaban J connectivity index is 1.85. The molecule has 0 saturated heterocycles. The molecule has 0 radical (unpaired) electrons. The largest absolute Gasteiger partial charge is 0.496 e. The van der Waals surface area contributed by atoms with Gasteiger partial charge in [0.05, 0.1) is 8.48 Å². The van der Waals surface area contributed by atoms with E-state index in [0.29, 0.717) is 12.1 Å². The minimum absolute atomic E-state index is 0.378. The molecule has 1 aromatic carbocycles. The highest BCUT2D eigenvalue weighted by Gasteiger charge is 2.24. The first-order chi connectivity index (χ1) is 10.2. The summed E-state index contributed by atoms with van der Waals surface area (Å²) >= 11 is 0. The average molecular weight is 269 g/mol. The molecule has 1 atom stereocenters. The highest BCUT2D eigenvalue weighted by Crippen LogP contribution is 2.31. The van der Waals surface area contributed by atoms with Gasteiger partial charge < -0.3 is 9.64 Å². The first-order valence-electron chi connectivity index (χ1n) is 7.50. The van der Waals surface area contributed by atoms with Gasteiger partial charge in [0.2, 0.25) is 0 Å². The molecule has 0 fully saturated rings. The van der Waals surface area contributed by atoms with E-state index in [1.165, 1.54) is 11.1 Å². The molecule has 1 heterocycles. The van der Waals surface area contributed by atoms with E-state index in [0.717, 1.165) is 30.8 Å². The fourth-order valence-corrected chi connectivity index (χ4v) is 2.96. The van der Waals surface area contributed by atoms with Crippen molar-refractivity contribution in [3.63, 3.8) is 0 Å². The molecule has 3 nitrogen and oxygen atoms in total. The van der Waals surface area contributed by atoms with Crippen molar-refractivity contribution in [1.82, 2.24) is 4.98 Å². The number of methoxy groups -OCH3 is 1. The maximum atomic E-state index is 8.00. The summed E-state index contributed by atoms with van der Waals surface area (Å²) in [6, 6.07) is 10.7. The number of benzene rings is 1. The molecule has 1 aromatic heterocycles. The van der Waals surface area contributed by atoms with Crippen LogP contribution in [0.15, 0.2) is 42.6 Å². The van der Waals surface area contributed by atoms with Crippen LogP contribution in [0.1, 0.15) is 18.9 Å². The second kappa shape index (κ2) is 5.53. The number of fused-ring (bicyclic) bond motifs is 1. The van der Waals surface area contributed by atoms with Crippen LogP contribution < -0.4 is 9.64 Å². The van der Waals surface area contributed by atoms with Gasteiger partial charge in [-0.15, -0.1) is 0 Å². The van der Waals surface area contributed by atoms with Crippen molar-refractivity contribution in [1.29, 1.82) is 0 Å². The number of ether oxygens (including phenoxy) is 1. The second-order valence-electron chi connectivity index (χ2n) is 5.21. The lowest BCUT2D eigenvalue weighted by atomic mass is 9.87. The highest BCUT2D eigenvalue weighted by molar-refractivity contribution is 5.45. The summed E-state index contributed by atoms with van der Waals surface area (Å²) in [6.45, 7) is 0. The van der Waals surface area contributed by atoms with Gasteiger partial charge in [-0.2, -0.15) is 0 Å². The van der Waals surface area contributed by atoms with Crippen LogP contribution in [0, 0.1) is 0 Å². The Labute approximate surface area is 121 Å². The number of pyridine rings is 1. The number of hydrogen-bond donors (Lipinski definition) is 0. The highest BCUT2D eigenvalue weighted by atomic mass is 16.5. The van der Waals surface area contributed by atoms with Crippen molar-refractivity contribution in [3.8, 4) is 5.75 Å². The van der Waals surface area contributed by atoms with Gasteiger partial charge in [-0.3, -0.25) is 0 Å². The molecule has 104 valence electrons. The van der Waals surface area contributed by atoms with Crippen molar-refractivity contribution in [3.05, 3.63) is 53.7 Å². The molecule has 0 bridgehead atoms. The van der Waals surface area contributed by atoms with Crippen molar-refractivity contribution in [2.45, 2.75) is 25.3 Å². The SMILES string of the molecule is [2H]c1cccnc1N(C)C1CCc2c(cccc2OC)C1. The van der Waals surface area contributed by atoms with E-state index in [4.69, 9.17) is 6.11 Å². The van der Waals surface area contributed by atoms with Crippen molar-refractivity contribution < 1.29 is 6.11 Å². The molecule has 2 aromatic rings. The summed E-state index contributed by atoms with van der Waals surface area (Å²) in [6.07, 6.45) is 4.79. The van der Waals surface area contributed by atoms with Crippen LogP contribution >= 0.6 is 0 Å². The van der Waals surface area contributed by atoms with Crippen LogP contribution in [0.3, 0.4) is 0 Å². The Bertz CT molecular complexity index is 644. The lowest BCUT2D eigenvalue weighted by Crippen LogP contribution is -2.37. The minimum atomic E-state index is 0.378. The first-order valence-corrected chi connectivity index (χ1v) is 7.00. The van der Waals surface area contributed by atoms with Gasteiger partial charge in [-0.05, 0) is 48.6 Å². The molecule has 1 unspecified atom stereocenters. The predicted molar refractivity (Wildman–Crippen MR) is 81.4 cm³/mol. The molecule has 0 amide bonds. The zero-order valence-electron chi connectivity index (χ0n) is 13.0. The molecule has 0 saturated carbocycles. The molecule has 0 aliphatic heterocycles. The maximum absolute atomic E-state index is 8.00. The molecule has 20 heavy (non-hydrogen) atoms. The summed E-state index contributed by atoms with van der Waals surface area (Å²) in [5, 5.41) is 0. The normalized spacial score (nSPS) is 18.1. The molecule has 0 spiro atoms. The summed E-state index contributed by atoms with van der Waals surface area (Å²) in [5.41, 5.74) is 2.68. The number of nitrogens with zero attached hydrogens (tertiary/aromatic N) is 2. The van der Waals surface area contributed by atoms with Gasteiger partial charge in [-0.25, -0.2) is 4.98 Å². The average Bonchev–Trinajstić information content (AvgIpc) is 2.53. The van der Waals surface area contributed by atoms with E-state index in [9.17, 15) is 0 Å². The molecule has 0 N–H and O–H groups in total. The van der Waals surface area contributed by atoms with Gasteiger partial charge in [0, 0.05) is 19.3 Å². The maximum Gasteiger partial charge on any atom is 0.128 e. The summed E-state index contributed by atoms with van der Waals surface area (Å²) < 4.78 is 13.5. The predicted octanol–water partition coefficient (Wildman–Crippen LogP) is 3.08. The number of likely N-dealkylation sites (N-methyl/N-ethyl adjacent to an activating group) is 1. The van der Waals surface area contributed by atoms with E-state index >= 15 is 0 Å². The molecule has 3 heteroatoms. The second-order valence-corrected chi connectivity index (χ2v) is 5.21. The van der Waals surface area contributed by atoms with E-state index < -0.39 is 0 Å². The number of hydrogen-bond acceptors (Lipinski definition) is 3. The molecule has 3 rings (SSSR count). The van der Waals surface area contributed by atoms with Crippen LogP contribution in [0.25, 0.3) is 0 Å². The van der Waals surface area contributed by atoms with Gasteiger partial charge in [-0.1, -0.05) is 18.2 Å². The van der Waals surface area contributed by atoms with Crippen LogP contribution in [0.4, 0.5) is 5.82 Å². The summed E-state index contributed by atoms with van der Waals surface area (Å²) in [7, 11) is 3.77. The van der Waals surface area contributed by atoms with E-state index in [1.807, 2.05) is 13.1 Å². The third-order valence-corrected chi connectivity index (χ3v) is 4.11. The Morgan fingerprint density at radius 3 is 3.05 bits per heavy atom. The fourth-order valence-electron chi connectivity index (χ4n) is 2.96. The third kappa shape index (κ3) is 2.36.